The molecule has 1 rings (SSSR count). The predicted octanol–water partition coefficient (Wildman–Crippen LogP) is 1.66. The van der Waals surface area contributed by atoms with Gasteiger partial charge in [0.15, 0.2) is 0 Å². The number of nitrogens with one attached hydrogen (secondary N) is 1. The van der Waals surface area contributed by atoms with Gasteiger partial charge in [0, 0.05) is 17.9 Å². The minimum atomic E-state index is -1.00. The lowest BCUT2D eigenvalue weighted by molar-refractivity contribution is -0.140. The van der Waals surface area contributed by atoms with Crippen LogP contribution in [0.4, 0.5) is 0 Å². The molecule has 6 heteroatoms. The van der Waals surface area contributed by atoms with Crippen molar-refractivity contribution < 1.29 is 19.4 Å². The number of rotatable bonds is 5. The van der Waals surface area contributed by atoms with Crippen LogP contribution >= 0.6 is 11.8 Å². The van der Waals surface area contributed by atoms with Gasteiger partial charge in [-0.05, 0) is 34.1 Å². The summed E-state index contributed by atoms with van der Waals surface area (Å²) in [6, 6.07) is -0.845. The number of carbonyl (C=O) groups is 2. The number of thioether (sulfide) groups is 1. The Morgan fingerprint density at radius 3 is 2.37 bits per heavy atom. The zero-order valence-corrected chi connectivity index (χ0v) is 13.0. The van der Waals surface area contributed by atoms with E-state index in [1.807, 2.05) is 27.7 Å². The molecule has 110 valence electrons. The van der Waals surface area contributed by atoms with E-state index in [0.717, 1.165) is 6.42 Å². The van der Waals surface area contributed by atoms with Crippen LogP contribution in [-0.2, 0) is 14.3 Å². The van der Waals surface area contributed by atoms with Crippen LogP contribution in [0.2, 0.25) is 0 Å². The lowest BCUT2D eigenvalue weighted by atomic mass is 10.0. The highest BCUT2D eigenvalue weighted by atomic mass is 32.2. The summed E-state index contributed by atoms with van der Waals surface area (Å²) >= 11 is 1.55. The summed E-state index contributed by atoms with van der Waals surface area (Å²) < 4.78 is 5.97. The molecule has 5 nitrogen and oxygen atoms in total. The maximum absolute atomic E-state index is 11.1. The highest BCUT2D eigenvalue weighted by Crippen LogP contribution is 2.43. The first kappa shape index (κ1) is 16.3. The summed E-state index contributed by atoms with van der Waals surface area (Å²) in [6.45, 7) is 9.45. The smallest absolute Gasteiger partial charge is 0.327 e. The highest BCUT2D eigenvalue weighted by molar-refractivity contribution is 8.00. The maximum atomic E-state index is 11.1. The Bertz CT molecular complexity index is 368. The third kappa shape index (κ3) is 4.69. The van der Waals surface area contributed by atoms with Crippen LogP contribution in [0.15, 0.2) is 0 Å². The zero-order chi connectivity index (χ0) is 14.8. The summed E-state index contributed by atoms with van der Waals surface area (Å²) in [4.78, 5) is 22.0. The quantitative estimate of drug-likeness (QED) is 0.805. The van der Waals surface area contributed by atoms with Crippen LogP contribution in [0, 0.1) is 0 Å². The van der Waals surface area contributed by atoms with Gasteiger partial charge in [-0.3, -0.25) is 4.79 Å². The molecule has 19 heavy (non-hydrogen) atoms. The van der Waals surface area contributed by atoms with E-state index in [1.54, 1.807) is 11.8 Å². The fourth-order valence-corrected chi connectivity index (χ4v) is 4.02. The molecule has 0 saturated carbocycles. The summed E-state index contributed by atoms with van der Waals surface area (Å²) in [7, 11) is 0. The molecule has 2 N–H and O–H groups in total. The second kappa shape index (κ2) is 5.71. The average molecular weight is 289 g/mol. The molecule has 0 aromatic heterocycles. The minimum absolute atomic E-state index is 0.187. The van der Waals surface area contributed by atoms with Crippen LogP contribution in [-0.4, -0.2) is 45.2 Å². The van der Waals surface area contributed by atoms with Gasteiger partial charge in [0.2, 0.25) is 5.91 Å². The summed E-state index contributed by atoms with van der Waals surface area (Å²) in [5.74, 6) is -0.975. The Morgan fingerprint density at radius 1 is 1.42 bits per heavy atom. The highest BCUT2D eigenvalue weighted by Gasteiger charge is 2.46. The van der Waals surface area contributed by atoms with E-state index in [9.17, 15) is 9.59 Å². The van der Waals surface area contributed by atoms with E-state index in [1.165, 1.54) is 6.92 Å². The van der Waals surface area contributed by atoms with E-state index >= 15 is 0 Å². The van der Waals surface area contributed by atoms with Crippen LogP contribution in [0.1, 0.15) is 41.0 Å². The molecule has 0 aromatic rings. The molecule has 2 atom stereocenters. The van der Waals surface area contributed by atoms with Crippen LogP contribution in [0.25, 0.3) is 0 Å². The van der Waals surface area contributed by atoms with Crippen LogP contribution in [0.3, 0.4) is 0 Å². The number of carbonyl (C=O) groups excluding carboxylic acids is 1. The van der Waals surface area contributed by atoms with Crippen molar-refractivity contribution in [2.75, 3.05) is 5.75 Å². The molecule has 1 amide bonds. The van der Waals surface area contributed by atoms with Gasteiger partial charge in [0.1, 0.15) is 6.04 Å². The van der Waals surface area contributed by atoms with Crippen molar-refractivity contribution in [1.29, 1.82) is 0 Å². The van der Waals surface area contributed by atoms with Gasteiger partial charge >= 0.3 is 5.97 Å². The third-order valence-corrected chi connectivity index (χ3v) is 4.79. The monoisotopic (exact) mass is 289 g/mol. The standard InChI is InChI=1S/C13H23NO4S/c1-8(15)14-9(11(16)17)7-19-10-6-12(2,3)18-13(10,4)5/h9-10H,6-7H2,1-5H3,(H,14,15)(H,16,17)/t9-,10?/m0/s1. The Kier molecular flexibility index (Phi) is 4.90. The van der Waals surface area contributed by atoms with E-state index in [0.29, 0.717) is 5.75 Å². The molecule has 0 spiro atoms. The van der Waals surface area contributed by atoms with Crippen molar-refractivity contribution in [2.45, 2.75) is 63.5 Å². The Balaban J connectivity index is 2.60. The lowest BCUT2D eigenvalue weighted by Gasteiger charge is -2.27. The number of aliphatic carboxylic acids is 1. The van der Waals surface area contributed by atoms with Crippen molar-refractivity contribution in [1.82, 2.24) is 5.32 Å². The topological polar surface area (TPSA) is 75.6 Å². The molecule has 0 aromatic carbocycles. The molecule has 0 aliphatic carbocycles. The van der Waals surface area contributed by atoms with E-state index in [-0.39, 0.29) is 22.4 Å². The van der Waals surface area contributed by atoms with Gasteiger partial charge in [-0.15, -0.1) is 0 Å². The summed E-state index contributed by atoms with van der Waals surface area (Å²) in [6.07, 6.45) is 0.872. The molecule has 0 radical (unpaired) electrons. The molecule has 1 heterocycles. The first-order valence-corrected chi connectivity index (χ1v) is 7.40. The fraction of sp³-hybridized carbons (Fsp3) is 0.846. The predicted molar refractivity (Wildman–Crippen MR) is 75.3 cm³/mol. The molecular formula is C13H23NO4S. The van der Waals surface area contributed by atoms with Crippen molar-refractivity contribution >= 4 is 23.6 Å². The van der Waals surface area contributed by atoms with Crippen molar-refractivity contribution in [3.05, 3.63) is 0 Å². The molecular weight excluding hydrogens is 266 g/mol. The average Bonchev–Trinajstić information content (AvgIpc) is 2.40. The largest absolute Gasteiger partial charge is 0.480 e. The van der Waals surface area contributed by atoms with Gasteiger partial charge in [-0.1, -0.05) is 0 Å². The van der Waals surface area contributed by atoms with Crippen LogP contribution < -0.4 is 5.32 Å². The first-order valence-electron chi connectivity index (χ1n) is 6.35. The van der Waals surface area contributed by atoms with Crippen molar-refractivity contribution in [2.24, 2.45) is 0 Å². The molecule has 0 bridgehead atoms. The first-order chi connectivity index (χ1) is 8.53. The van der Waals surface area contributed by atoms with Crippen molar-refractivity contribution in [3.63, 3.8) is 0 Å². The number of hydrogen-bond donors (Lipinski definition) is 2. The van der Waals surface area contributed by atoms with Crippen molar-refractivity contribution in [3.8, 4) is 0 Å². The van der Waals surface area contributed by atoms with Gasteiger partial charge in [0.05, 0.1) is 11.2 Å². The normalized spacial score (nSPS) is 25.8. The molecule has 1 saturated heterocycles. The summed E-state index contributed by atoms with van der Waals surface area (Å²) in [5, 5.41) is 11.7. The SMILES string of the molecule is CC(=O)N[C@@H](CSC1CC(C)(C)OC1(C)C)C(=O)O. The molecule has 1 unspecified atom stereocenters. The number of carboxylic acids is 1. The summed E-state index contributed by atoms with van der Waals surface area (Å²) in [5.41, 5.74) is -0.471. The van der Waals surface area contributed by atoms with Gasteiger partial charge in [-0.25, -0.2) is 4.79 Å². The minimum Gasteiger partial charge on any atom is -0.480 e. The Labute approximate surface area is 118 Å². The van der Waals surface area contributed by atoms with Gasteiger partial charge in [-0.2, -0.15) is 11.8 Å². The molecule has 1 fully saturated rings. The van der Waals surface area contributed by atoms with E-state index in [2.05, 4.69) is 5.32 Å². The zero-order valence-electron chi connectivity index (χ0n) is 12.1. The fourth-order valence-electron chi connectivity index (χ4n) is 2.40. The Hall–Kier alpha value is -0.750. The number of ether oxygens (including phenoxy) is 1. The van der Waals surface area contributed by atoms with Crippen LogP contribution in [0.5, 0.6) is 0 Å². The second-order valence-electron chi connectivity index (χ2n) is 6.08. The van der Waals surface area contributed by atoms with Gasteiger partial charge in [0.25, 0.3) is 0 Å². The van der Waals surface area contributed by atoms with E-state index in [4.69, 9.17) is 9.84 Å². The lowest BCUT2D eigenvalue weighted by Crippen LogP contribution is -2.42. The number of carboxylic acid groups (broad SMARTS) is 1. The van der Waals surface area contributed by atoms with Gasteiger partial charge < -0.3 is 15.2 Å². The number of amides is 1. The molecule has 1 aliphatic heterocycles. The third-order valence-electron chi connectivity index (χ3n) is 3.13. The Morgan fingerprint density at radius 2 is 2.00 bits per heavy atom. The second-order valence-corrected chi connectivity index (χ2v) is 7.32. The number of hydrogen-bond acceptors (Lipinski definition) is 4. The molecule has 1 aliphatic rings. The van der Waals surface area contributed by atoms with E-state index < -0.39 is 12.0 Å². The maximum Gasteiger partial charge on any atom is 0.327 e.